The molecule has 1 unspecified atom stereocenters. The molecule has 0 radical (unpaired) electrons. The zero-order chi connectivity index (χ0) is 16.7. The molecule has 0 aromatic heterocycles. The first-order valence-electron chi connectivity index (χ1n) is 7.10. The van der Waals surface area contributed by atoms with E-state index in [1.165, 1.54) is 0 Å². The van der Waals surface area contributed by atoms with E-state index >= 15 is 0 Å². The van der Waals surface area contributed by atoms with Gasteiger partial charge in [-0.3, -0.25) is 9.32 Å². The molecule has 0 spiro atoms. The number of rotatable bonds is 10. The summed E-state index contributed by atoms with van der Waals surface area (Å²) in [5.41, 5.74) is -0.538. The van der Waals surface area contributed by atoms with Crippen LogP contribution in [0.3, 0.4) is 0 Å². The molecule has 126 valence electrons. The van der Waals surface area contributed by atoms with E-state index in [0.717, 1.165) is 0 Å². The number of carbonyl (C=O) groups excluding carboxylic acids is 1. The molecule has 21 heavy (non-hydrogen) atoms. The molecule has 0 aliphatic heterocycles. The largest absolute Gasteiger partial charge is 0.464 e. The van der Waals surface area contributed by atoms with Crippen molar-refractivity contribution in [3.63, 3.8) is 0 Å². The highest BCUT2D eigenvalue weighted by atomic mass is 31.2. The molecule has 0 aliphatic rings. The third kappa shape index (κ3) is 9.98. The Morgan fingerprint density at radius 1 is 1.29 bits per heavy atom. The van der Waals surface area contributed by atoms with Gasteiger partial charge in [0.25, 0.3) is 0 Å². The average molecular weight is 325 g/mol. The van der Waals surface area contributed by atoms with Gasteiger partial charge in [0, 0.05) is 6.54 Å². The van der Waals surface area contributed by atoms with Crippen molar-refractivity contribution < 1.29 is 28.0 Å². The third-order valence-corrected chi connectivity index (χ3v) is 4.27. The van der Waals surface area contributed by atoms with Gasteiger partial charge in [-0.25, -0.2) is 9.65 Å². The van der Waals surface area contributed by atoms with Crippen molar-refractivity contribution in [1.82, 2.24) is 5.09 Å². The molecule has 0 saturated carbocycles. The molecule has 1 atom stereocenters. The number of carbonyl (C=O) groups is 1. The van der Waals surface area contributed by atoms with Crippen LogP contribution in [0.5, 0.6) is 0 Å². The van der Waals surface area contributed by atoms with Gasteiger partial charge < -0.3 is 14.1 Å². The lowest BCUT2D eigenvalue weighted by Gasteiger charge is -2.24. The van der Waals surface area contributed by atoms with E-state index < -0.39 is 13.2 Å². The topological polar surface area (TPSA) is 84.9 Å². The Bertz CT molecular complexity index is 379. The number of hydrogen-bond donors (Lipinski definition) is 2. The molecule has 0 bridgehead atoms. The predicted molar refractivity (Wildman–Crippen MR) is 81.7 cm³/mol. The van der Waals surface area contributed by atoms with Gasteiger partial charge in [0.2, 0.25) is 0 Å². The fourth-order valence-corrected chi connectivity index (χ4v) is 1.95. The van der Waals surface area contributed by atoms with E-state index in [9.17, 15) is 14.3 Å². The predicted octanol–water partition coefficient (Wildman–Crippen LogP) is 1.38. The minimum atomic E-state index is -3.84. The number of ether oxygens (including phenoxy) is 1. The van der Waals surface area contributed by atoms with Crippen molar-refractivity contribution in [2.45, 2.75) is 27.2 Å². The Labute approximate surface area is 127 Å². The minimum absolute atomic E-state index is 0.0332. The van der Waals surface area contributed by atoms with Crippen molar-refractivity contribution in [2.24, 2.45) is 5.41 Å². The summed E-state index contributed by atoms with van der Waals surface area (Å²) < 4.78 is 22.3. The van der Waals surface area contributed by atoms with Gasteiger partial charge in [-0.15, -0.1) is 0 Å². The van der Waals surface area contributed by atoms with Gasteiger partial charge in [-0.1, -0.05) is 6.92 Å². The fraction of sp³-hybridized carbons (Fsp3) is 0.923. The molecule has 0 amide bonds. The van der Waals surface area contributed by atoms with E-state index in [4.69, 9.17) is 9.26 Å². The molecule has 8 heteroatoms. The third-order valence-electron chi connectivity index (χ3n) is 3.11. The Hall–Kier alpha value is -0.460. The van der Waals surface area contributed by atoms with Crippen molar-refractivity contribution in [3.05, 3.63) is 0 Å². The number of nitrogens with one attached hydrogen (secondary N) is 1. The standard InChI is InChI=1S/C13H29N2O5P/c1-7-13(2,3)12(16)19-10-8-14-21(17,18)20-11-9-15(4,5)6/h7-11H2,1-6H3,(H-,14,17,18)/p+1. The zero-order valence-corrected chi connectivity index (χ0v) is 14.9. The van der Waals surface area contributed by atoms with E-state index in [2.05, 4.69) is 5.09 Å². The summed E-state index contributed by atoms with van der Waals surface area (Å²) in [5, 5.41) is 2.37. The maximum absolute atomic E-state index is 11.7. The highest BCUT2D eigenvalue weighted by molar-refractivity contribution is 7.50. The number of quaternary nitrogens is 1. The molecule has 0 aromatic carbocycles. The fourth-order valence-electron chi connectivity index (χ4n) is 1.15. The van der Waals surface area contributed by atoms with Crippen LogP contribution in [0.25, 0.3) is 0 Å². The number of nitrogens with zero attached hydrogens (tertiary/aromatic N) is 1. The van der Waals surface area contributed by atoms with Crippen LogP contribution in [-0.4, -0.2) is 62.8 Å². The molecular weight excluding hydrogens is 295 g/mol. The second-order valence-corrected chi connectivity index (χ2v) is 8.26. The first-order chi connectivity index (χ1) is 9.40. The molecule has 0 saturated heterocycles. The second-order valence-electron chi connectivity index (χ2n) is 6.65. The quantitative estimate of drug-likeness (QED) is 0.273. The first-order valence-corrected chi connectivity index (χ1v) is 8.67. The Kier molecular flexibility index (Phi) is 8.07. The number of likely N-dealkylation sites (N-methyl/N-ethyl adjacent to an activating group) is 1. The van der Waals surface area contributed by atoms with Crippen LogP contribution in [0.2, 0.25) is 0 Å². The van der Waals surface area contributed by atoms with E-state index in [1.807, 2.05) is 28.1 Å². The molecule has 0 heterocycles. The monoisotopic (exact) mass is 325 g/mol. The highest BCUT2D eigenvalue weighted by Gasteiger charge is 2.27. The molecule has 0 aromatic rings. The van der Waals surface area contributed by atoms with Crippen molar-refractivity contribution in [3.8, 4) is 0 Å². The maximum Gasteiger partial charge on any atom is 0.403 e. The Morgan fingerprint density at radius 2 is 1.86 bits per heavy atom. The summed E-state index contributed by atoms with van der Waals surface area (Å²) in [5.74, 6) is -0.314. The van der Waals surface area contributed by atoms with Crippen molar-refractivity contribution in [2.75, 3.05) is 47.4 Å². The van der Waals surface area contributed by atoms with E-state index in [0.29, 0.717) is 17.4 Å². The molecule has 0 fully saturated rings. The molecule has 0 rings (SSSR count). The van der Waals surface area contributed by atoms with E-state index in [1.54, 1.807) is 13.8 Å². The van der Waals surface area contributed by atoms with Crippen LogP contribution in [0, 0.1) is 5.41 Å². The van der Waals surface area contributed by atoms with Crippen LogP contribution in [-0.2, 0) is 18.6 Å². The molecular formula is C13H30N2O5P+. The van der Waals surface area contributed by atoms with E-state index in [-0.39, 0.29) is 25.7 Å². The lowest BCUT2D eigenvalue weighted by molar-refractivity contribution is -0.870. The summed E-state index contributed by atoms with van der Waals surface area (Å²) in [7, 11) is 2.06. The normalized spacial score (nSPS) is 15.6. The van der Waals surface area contributed by atoms with Crippen LogP contribution in [0.1, 0.15) is 27.2 Å². The second kappa shape index (κ2) is 8.25. The minimum Gasteiger partial charge on any atom is -0.464 e. The van der Waals surface area contributed by atoms with Gasteiger partial charge in [0.05, 0.1) is 26.6 Å². The zero-order valence-electron chi connectivity index (χ0n) is 14.0. The first kappa shape index (κ1) is 20.5. The SMILES string of the molecule is CCC(C)(C)C(=O)OCCNP(=O)(O)OCC[N+](C)(C)C. The Balaban J connectivity index is 3.95. The summed E-state index contributed by atoms with van der Waals surface area (Å²) in [6.45, 7) is 6.40. The summed E-state index contributed by atoms with van der Waals surface area (Å²) in [6, 6.07) is 0. The van der Waals surface area contributed by atoms with Gasteiger partial charge in [0.1, 0.15) is 19.8 Å². The average Bonchev–Trinajstić information content (AvgIpc) is 2.32. The van der Waals surface area contributed by atoms with Gasteiger partial charge >= 0.3 is 13.7 Å². The summed E-state index contributed by atoms with van der Waals surface area (Å²) in [6.07, 6.45) is 0.673. The Morgan fingerprint density at radius 3 is 2.33 bits per heavy atom. The molecule has 0 aliphatic carbocycles. The maximum atomic E-state index is 11.7. The smallest absolute Gasteiger partial charge is 0.403 e. The number of hydrogen-bond acceptors (Lipinski definition) is 4. The van der Waals surface area contributed by atoms with Crippen molar-refractivity contribution >= 4 is 13.7 Å². The summed E-state index contributed by atoms with van der Waals surface area (Å²) >= 11 is 0. The van der Waals surface area contributed by atoms with Crippen LogP contribution >= 0.6 is 7.75 Å². The number of esters is 1. The highest BCUT2D eigenvalue weighted by Crippen LogP contribution is 2.36. The van der Waals surface area contributed by atoms with Crippen LogP contribution < -0.4 is 5.09 Å². The van der Waals surface area contributed by atoms with Gasteiger partial charge in [-0.2, -0.15) is 0 Å². The molecule has 7 nitrogen and oxygen atoms in total. The van der Waals surface area contributed by atoms with Crippen LogP contribution in [0.4, 0.5) is 0 Å². The van der Waals surface area contributed by atoms with Crippen LogP contribution in [0.15, 0.2) is 0 Å². The van der Waals surface area contributed by atoms with Gasteiger partial charge in [0.15, 0.2) is 0 Å². The molecule has 2 N–H and O–H groups in total. The van der Waals surface area contributed by atoms with Gasteiger partial charge in [-0.05, 0) is 20.3 Å². The summed E-state index contributed by atoms with van der Waals surface area (Å²) in [4.78, 5) is 21.2. The van der Waals surface area contributed by atoms with Crippen molar-refractivity contribution in [1.29, 1.82) is 0 Å². The lowest BCUT2D eigenvalue weighted by Crippen LogP contribution is -2.37. The lowest BCUT2D eigenvalue weighted by atomic mass is 9.91.